The van der Waals surface area contributed by atoms with Gasteiger partial charge in [0, 0.05) is 29.8 Å². The second kappa shape index (κ2) is 12.7. The van der Waals surface area contributed by atoms with Gasteiger partial charge in [0.1, 0.15) is 28.5 Å². The van der Waals surface area contributed by atoms with Crippen LogP contribution in [-0.2, 0) is 17.7 Å². The van der Waals surface area contributed by atoms with Crippen LogP contribution >= 0.6 is 22.9 Å². The van der Waals surface area contributed by atoms with E-state index in [1.165, 1.54) is 0 Å². The fourth-order valence-corrected chi connectivity index (χ4v) is 7.89. The highest BCUT2D eigenvalue weighted by Crippen LogP contribution is 2.41. The highest BCUT2D eigenvalue weighted by molar-refractivity contribution is 7.90. The van der Waals surface area contributed by atoms with Crippen LogP contribution in [0.3, 0.4) is 0 Å². The van der Waals surface area contributed by atoms with E-state index in [1.54, 1.807) is 18.3 Å². The summed E-state index contributed by atoms with van der Waals surface area (Å²) in [5.41, 5.74) is 2.45. The van der Waals surface area contributed by atoms with Crippen LogP contribution in [0.1, 0.15) is 40.9 Å². The molecule has 0 saturated heterocycles. The van der Waals surface area contributed by atoms with Crippen molar-refractivity contribution in [3.05, 3.63) is 81.7 Å². The highest BCUT2D eigenvalue weighted by atomic mass is 35.5. The van der Waals surface area contributed by atoms with Crippen molar-refractivity contribution >= 4 is 50.1 Å². The topological polar surface area (TPSA) is 64.6 Å². The molecule has 1 amide bonds. The Morgan fingerprint density at radius 3 is 2.49 bits per heavy atom. The van der Waals surface area contributed by atoms with Crippen molar-refractivity contribution in [2.75, 3.05) is 20.4 Å². The number of benzene rings is 3. The lowest BCUT2D eigenvalue weighted by Crippen LogP contribution is -2.44. The minimum atomic E-state index is -1.20. The van der Waals surface area contributed by atoms with E-state index in [9.17, 15) is 18.1 Å². The van der Waals surface area contributed by atoms with Crippen molar-refractivity contribution < 1.29 is 22.9 Å². The molecule has 4 aromatic rings. The standard InChI is InChI=1S/C31H31ClF2N2O3S2/c1-35-20-9-11-21(12-10-20)36(31(37)30-28(32)27-23(33)13-14-24(34)29(27)40-30)17-19-16-18(8-15-25(19)39-2)22-6-4-5-7-26(22)41(3)38/h4-8,13-16,20-21,35H,9-12,17H2,1-3H3/t20-,21-,41?. The van der Waals surface area contributed by atoms with Gasteiger partial charge in [0.15, 0.2) is 4.90 Å². The number of nitrogens with zero attached hydrogens (tertiary/aromatic N) is 1. The zero-order valence-electron chi connectivity index (χ0n) is 23.0. The summed E-state index contributed by atoms with van der Waals surface area (Å²) < 4.78 is 47.5. The number of nitrogens with one attached hydrogen (secondary N) is 1. The molecule has 5 rings (SSSR count). The second-order valence-electron chi connectivity index (χ2n) is 10.2. The maximum absolute atomic E-state index is 14.7. The fraction of sp³-hybridized carbons (Fsp3) is 0.323. The van der Waals surface area contributed by atoms with Gasteiger partial charge in [0.05, 0.1) is 22.2 Å². The number of rotatable bonds is 8. The number of carbonyl (C=O) groups is 1. The summed E-state index contributed by atoms with van der Waals surface area (Å²) in [6, 6.07) is 15.6. The van der Waals surface area contributed by atoms with Gasteiger partial charge in [-0.25, -0.2) is 8.78 Å². The summed E-state index contributed by atoms with van der Waals surface area (Å²) >= 11 is 6.25. The predicted octanol–water partition coefficient (Wildman–Crippen LogP) is 7.42. The third-order valence-corrected chi connectivity index (χ3v) is 10.5. The van der Waals surface area contributed by atoms with Gasteiger partial charge < -0.3 is 19.5 Å². The maximum atomic E-state index is 14.7. The van der Waals surface area contributed by atoms with Crippen molar-refractivity contribution in [3.8, 4) is 16.9 Å². The summed E-state index contributed by atoms with van der Waals surface area (Å²) in [6.45, 7) is 0.206. The van der Waals surface area contributed by atoms with Crippen molar-refractivity contribution in [1.29, 1.82) is 0 Å². The highest BCUT2D eigenvalue weighted by Gasteiger charge is 2.33. The van der Waals surface area contributed by atoms with Gasteiger partial charge in [-0.3, -0.25) is 4.79 Å². The smallest absolute Gasteiger partial charge is 0.266 e. The van der Waals surface area contributed by atoms with Crippen LogP contribution in [0, 0.1) is 11.6 Å². The largest absolute Gasteiger partial charge is 0.612 e. The Labute approximate surface area is 250 Å². The SMILES string of the molecule is CN[C@H]1CC[C@H](N(Cc2cc(-c3ccccc3[S+](C)[O-])ccc2OC)C(=O)c2sc3c(F)ccc(F)c3c2Cl)CC1. The summed E-state index contributed by atoms with van der Waals surface area (Å²) in [6.07, 6.45) is 4.96. The van der Waals surface area contributed by atoms with Crippen molar-refractivity contribution in [2.45, 2.75) is 49.2 Å². The average molecular weight is 617 g/mol. The quantitative estimate of drug-likeness (QED) is 0.209. The number of fused-ring (bicyclic) bond motifs is 1. The zero-order chi connectivity index (χ0) is 29.3. The molecule has 1 aliphatic carbocycles. The summed E-state index contributed by atoms with van der Waals surface area (Å²) in [7, 11) is 3.51. The zero-order valence-corrected chi connectivity index (χ0v) is 25.4. The summed E-state index contributed by atoms with van der Waals surface area (Å²) in [5.74, 6) is -1.05. The second-order valence-corrected chi connectivity index (χ2v) is 12.9. The molecule has 41 heavy (non-hydrogen) atoms. The molecule has 1 fully saturated rings. The van der Waals surface area contributed by atoms with Gasteiger partial charge >= 0.3 is 0 Å². The third kappa shape index (κ3) is 5.96. The van der Waals surface area contributed by atoms with Crippen molar-refractivity contribution in [2.24, 2.45) is 0 Å². The van der Waals surface area contributed by atoms with Gasteiger partial charge in [0.2, 0.25) is 0 Å². The minimum Gasteiger partial charge on any atom is -0.612 e. The molecule has 1 aliphatic rings. The molecule has 10 heteroatoms. The van der Waals surface area contributed by atoms with E-state index in [2.05, 4.69) is 5.32 Å². The van der Waals surface area contributed by atoms with Crippen LogP contribution in [-0.4, -0.2) is 47.9 Å². The lowest BCUT2D eigenvalue weighted by atomic mass is 9.89. The maximum Gasteiger partial charge on any atom is 0.266 e. The molecule has 1 N–H and O–H groups in total. The van der Waals surface area contributed by atoms with E-state index in [-0.39, 0.29) is 38.5 Å². The van der Waals surface area contributed by atoms with E-state index >= 15 is 0 Å². The molecule has 216 valence electrons. The first-order valence-electron chi connectivity index (χ1n) is 13.4. The molecule has 1 unspecified atom stereocenters. The molecule has 0 bridgehead atoms. The van der Waals surface area contributed by atoms with Gasteiger partial charge in [-0.15, -0.1) is 11.3 Å². The number of amides is 1. The number of halogens is 3. The molecule has 0 spiro atoms. The van der Waals surface area contributed by atoms with Gasteiger partial charge in [-0.05, 0) is 85.9 Å². The first-order valence-corrected chi connectivity index (χ1v) is 16.1. The molecule has 1 saturated carbocycles. The molecule has 0 aliphatic heterocycles. The average Bonchev–Trinajstić information content (AvgIpc) is 3.35. The van der Waals surface area contributed by atoms with Crippen LogP contribution in [0.4, 0.5) is 8.78 Å². The number of hydrogen-bond donors (Lipinski definition) is 1. The molecule has 1 heterocycles. The number of ether oxygens (including phenoxy) is 1. The van der Waals surface area contributed by atoms with Crippen LogP contribution in [0.5, 0.6) is 5.75 Å². The van der Waals surface area contributed by atoms with Crippen LogP contribution < -0.4 is 10.1 Å². The molecular weight excluding hydrogens is 586 g/mol. The Kier molecular flexibility index (Phi) is 9.21. The van der Waals surface area contributed by atoms with Crippen LogP contribution in [0.15, 0.2) is 59.5 Å². The Bertz CT molecular complexity index is 1570. The monoisotopic (exact) mass is 616 g/mol. The predicted molar refractivity (Wildman–Crippen MR) is 162 cm³/mol. The minimum absolute atomic E-state index is 0.0287. The van der Waals surface area contributed by atoms with Crippen molar-refractivity contribution in [3.63, 3.8) is 0 Å². The summed E-state index contributed by atoms with van der Waals surface area (Å²) in [4.78, 5) is 16.8. The first-order chi connectivity index (χ1) is 19.7. The third-order valence-electron chi connectivity index (χ3n) is 7.81. The molecule has 1 aromatic heterocycles. The van der Waals surface area contributed by atoms with E-state index in [0.717, 1.165) is 65.8 Å². The van der Waals surface area contributed by atoms with Gasteiger partial charge in [-0.1, -0.05) is 29.8 Å². The number of methoxy groups -OCH3 is 1. The lowest BCUT2D eigenvalue weighted by Gasteiger charge is -2.37. The van der Waals surface area contributed by atoms with E-state index in [4.69, 9.17) is 16.3 Å². The van der Waals surface area contributed by atoms with E-state index in [1.807, 2.05) is 49.5 Å². The number of hydrogen-bond acceptors (Lipinski definition) is 5. The molecule has 3 aromatic carbocycles. The van der Waals surface area contributed by atoms with E-state index in [0.29, 0.717) is 16.7 Å². The van der Waals surface area contributed by atoms with Gasteiger partial charge in [0.25, 0.3) is 5.91 Å². The molecule has 1 atom stereocenters. The Hall–Kier alpha value is -2.69. The Morgan fingerprint density at radius 1 is 1.12 bits per heavy atom. The van der Waals surface area contributed by atoms with Crippen LogP contribution in [0.2, 0.25) is 5.02 Å². The Morgan fingerprint density at radius 2 is 1.83 bits per heavy atom. The molecule has 0 radical (unpaired) electrons. The molecular formula is C31H31ClF2N2O3S2. The first kappa shape index (κ1) is 29.8. The summed E-state index contributed by atoms with van der Waals surface area (Å²) in [5, 5.41) is 3.19. The van der Waals surface area contributed by atoms with E-state index < -0.39 is 22.8 Å². The number of carbonyl (C=O) groups excluding carboxylic acids is 1. The number of thiophene rings is 1. The van der Waals surface area contributed by atoms with Gasteiger partial charge in [-0.2, -0.15) is 0 Å². The molecule has 5 nitrogen and oxygen atoms in total. The fourth-order valence-electron chi connectivity index (χ4n) is 5.62. The lowest BCUT2D eigenvalue weighted by molar-refractivity contribution is 0.0604. The van der Waals surface area contributed by atoms with Crippen molar-refractivity contribution in [1.82, 2.24) is 10.2 Å². The van der Waals surface area contributed by atoms with Crippen LogP contribution in [0.25, 0.3) is 21.2 Å². The normalized spacial score (nSPS) is 17.9. The Balaban J connectivity index is 1.58.